The van der Waals surface area contributed by atoms with Gasteiger partial charge >= 0.3 is 0 Å². The van der Waals surface area contributed by atoms with Gasteiger partial charge in [-0.1, -0.05) is 18.2 Å². The molecule has 3 rings (SSSR count). The second-order valence-corrected chi connectivity index (χ2v) is 4.83. The van der Waals surface area contributed by atoms with E-state index in [1.807, 2.05) is 55.4 Å². The average molecular weight is 265 g/mol. The van der Waals surface area contributed by atoms with Gasteiger partial charge < -0.3 is 10.0 Å². The number of phenols is 1. The monoisotopic (exact) mass is 265 g/mol. The number of hydrogen-bond acceptors (Lipinski definition) is 4. The Morgan fingerprint density at radius 1 is 0.900 bits per heavy atom. The molecule has 4 heteroatoms. The second-order valence-electron chi connectivity index (χ2n) is 4.83. The number of aromatic nitrogens is 2. The van der Waals surface area contributed by atoms with Crippen LogP contribution in [0.2, 0.25) is 0 Å². The zero-order chi connectivity index (χ0) is 14.1. The standard InChI is InChI=1S/C16H15N3O/c1-19(2)16-17-14-6-4-3-5-13(14)15(18-16)11-7-9-12(20)10-8-11/h3-10,20H,1-2H3. The van der Waals surface area contributed by atoms with E-state index in [9.17, 15) is 5.11 Å². The normalized spacial score (nSPS) is 10.7. The number of hydrogen-bond donors (Lipinski definition) is 1. The van der Waals surface area contributed by atoms with E-state index in [-0.39, 0.29) is 5.75 Å². The quantitative estimate of drug-likeness (QED) is 0.773. The van der Waals surface area contributed by atoms with Gasteiger partial charge in [0.1, 0.15) is 5.75 Å². The van der Waals surface area contributed by atoms with Crippen LogP contribution in [0, 0.1) is 0 Å². The summed E-state index contributed by atoms with van der Waals surface area (Å²) in [6, 6.07) is 15.0. The van der Waals surface area contributed by atoms with Gasteiger partial charge in [-0.2, -0.15) is 0 Å². The predicted octanol–water partition coefficient (Wildman–Crippen LogP) is 3.07. The van der Waals surface area contributed by atoms with Crippen molar-refractivity contribution in [2.24, 2.45) is 0 Å². The Hall–Kier alpha value is -2.62. The first kappa shape index (κ1) is 12.4. The summed E-state index contributed by atoms with van der Waals surface area (Å²) >= 11 is 0. The first-order valence-corrected chi connectivity index (χ1v) is 6.38. The Morgan fingerprint density at radius 3 is 2.30 bits per heavy atom. The highest BCUT2D eigenvalue weighted by molar-refractivity contribution is 5.93. The molecule has 1 heterocycles. The smallest absolute Gasteiger partial charge is 0.225 e. The SMILES string of the molecule is CN(C)c1nc(-c2ccc(O)cc2)c2ccccc2n1. The molecule has 0 amide bonds. The molecule has 0 aliphatic heterocycles. The van der Waals surface area contributed by atoms with Crippen molar-refractivity contribution in [3.8, 4) is 17.0 Å². The number of aromatic hydroxyl groups is 1. The maximum atomic E-state index is 9.42. The van der Waals surface area contributed by atoms with Crippen molar-refractivity contribution in [2.45, 2.75) is 0 Å². The molecule has 0 saturated carbocycles. The third-order valence-electron chi connectivity index (χ3n) is 3.13. The van der Waals surface area contributed by atoms with Gasteiger partial charge in [0.25, 0.3) is 0 Å². The Kier molecular flexibility index (Phi) is 2.99. The Labute approximate surface area is 117 Å². The van der Waals surface area contributed by atoms with E-state index in [0.29, 0.717) is 5.95 Å². The molecule has 20 heavy (non-hydrogen) atoms. The molecule has 0 aliphatic rings. The fraction of sp³-hybridized carbons (Fsp3) is 0.125. The molecule has 0 atom stereocenters. The van der Waals surface area contributed by atoms with Crippen molar-refractivity contribution in [1.82, 2.24) is 9.97 Å². The van der Waals surface area contributed by atoms with Gasteiger partial charge in [0.05, 0.1) is 11.2 Å². The molecule has 2 aromatic carbocycles. The molecule has 0 saturated heterocycles. The minimum Gasteiger partial charge on any atom is -0.508 e. The average Bonchev–Trinajstić information content (AvgIpc) is 2.47. The summed E-state index contributed by atoms with van der Waals surface area (Å²) in [5.41, 5.74) is 2.75. The van der Waals surface area contributed by atoms with Gasteiger partial charge in [-0.25, -0.2) is 9.97 Å². The fourth-order valence-electron chi connectivity index (χ4n) is 2.10. The number of nitrogens with zero attached hydrogens (tertiary/aromatic N) is 3. The molecule has 1 N–H and O–H groups in total. The van der Waals surface area contributed by atoms with Gasteiger partial charge in [-0.05, 0) is 30.3 Å². The van der Waals surface area contributed by atoms with Gasteiger partial charge in [0.2, 0.25) is 5.95 Å². The lowest BCUT2D eigenvalue weighted by atomic mass is 10.1. The summed E-state index contributed by atoms with van der Waals surface area (Å²) in [5.74, 6) is 0.923. The minimum absolute atomic E-state index is 0.250. The highest BCUT2D eigenvalue weighted by Gasteiger charge is 2.10. The molecular formula is C16H15N3O. The van der Waals surface area contributed by atoms with E-state index < -0.39 is 0 Å². The number of phenolic OH excluding ortho intramolecular Hbond substituents is 1. The molecule has 0 radical (unpaired) electrons. The first-order valence-electron chi connectivity index (χ1n) is 6.38. The topological polar surface area (TPSA) is 49.2 Å². The van der Waals surface area contributed by atoms with Gasteiger partial charge in [0.15, 0.2) is 0 Å². The lowest BCUT2D eigenvalue weighted by Gasteiger charge is -2.13. The van der Waals surface area contributed by atoms with Crippen molar-refractivity contribution in [1.29, 1.82) is 0 Å². The number of rotatable bonds is 2. The highest BCUT2D eigenvalue weighted by Crippen LogP contribution is 2.28. The summed E-state index contributed by atoms with van der Waals surface area (Å²) in [5, 5.41) is 10.4. The fourth-order valence-corrected chi connectivity index (χ4v) is 2.10. The van der Waals surface area contributed by atoms with E-state index in [1.165, 1.54) is 0 Å². The molecule has 3 aromatic rings. The first-order chi connectivity index (χ1) is 9.65. The van der Waals surface area contributed by atoms with Crippen LogP contribution in [-0.2, 0) is 0 Å². The largest absolute Gasteiger partial charge is 0.508 e. The molecule has 4 nitrogen and oxygen atoms in total. The van der Waals surface area contributed by atoms with Crippen LogP contribution >= 0.6 is 0 Å². The van der Waals surface area contributed by atoms with Gasteiger partial charge in [0, 0.05) is 25.0 Å². The zero-order valence-electron chi connectivity index (χ0n) is 11.4. The van der Waals surface area contributed by atoms with Crippen molar-refractivity contribution >= 4 is 16.9 Å². The molecule has 0 aliphatic carbocycles. The number of benzene rings is 2. The van der Waals surface area contributed by atoms with Crippen LogP contribution in [0.4, 0.5) is 5.95 Å². The summed E-state index contributed by atoms with van der Waals surface area (Å²) in [6.07, 6.45) is 0. The van der Waals surface area contributed by atoms with E-state index in [2.05, 4.69) is 9.97 Å². The summed E-state index contributed by atoms with van der Waals surface area (Å²) in [7, 11) is 3.84. The maximum absolute atomic E-state index is 9.42. The van der Waals surface area contributed by atoms with Crippen LogP contribution in [0.25, 0.3) is 22.2 Å². The van der Waals surface area contributed by atoms with Crippen LogP contribution in [0.3, 0.4) is 0 Å². The second kappa shape index (κ2) is 4.81. The van der Waals surface area contributed by atoms with Crippen molar-refractivity contribution in [3.05, 3.63) is 48.5 Å². The third kappa shape index (κ3) is 2.16. The van der Waals surface area contributed by atoms with Crippen molar-refractivity contribution in [2.75, 3.05) is 19.0 Å². The summed E-state index contributed by atoms with van der Waals surface area (Å²) in [6.45, 7) is 0. The molecule has 0 bridgehead atoms. The predicted molar refractivity (Wildman–Crippen MR) is 81.0 cm³/mol. The van der Waals surface area contributed by atoms with Crippen molar-refractivity contribution < 1.29 is 5.11 Å². The molecular weight excluding hydrogens is 250 g/mol. The Bertz CT molecular complexity index is 751. The summed E-state index contributed by atoms with van der Waals surface area (Å²) < 4.78 is 0. The Morgan fingerprint density at radius 2 is 1.60 bits per heavy atom. The molecule has 100 valence electrons. The number of para-hydroxylation sites is 1. The van der Waals surface area contributed by atoms with Crippen LogP contribution in [0.5, 0.6) is 5.75 Å². The maximum Gasteiger partial charge on any atom is 0.225 e. The van der Waals surface area contributed by atoms with Crippen LogP contribution in [-0.4, -0.2) is 29.2 Å². The van der Waals surface area contributed by atoms with Gasteiger partial charge in [-0.3, -0.25) is 0 Å². The number of anilines is 1. The van der Waals surface area contributed by atoms with Crippen LogP contribution < -0.4 is 4.90 Å². The molecule has 1 aromatic heterocycles. The minimum atomic E-state index is 0.250. The third-order valence-corrected chi connectivity index (χ3v) is 3.13. The van der Waals surface area contributed by atoms with E-state index >= 15 is 0 Å². The molecule has 0 fully saturated rings. The lowest BCUT2D eigenvalue weighted by Crippen LogP contribution is -2.13. The highest BCUT2D eigenvalue weighted by atomic mass is 16.3. The molecule has 0 spiro atoms. The van der Waals surface area contributed by atoms with E-state index in [4.69, 9.17) is 0 Å². The lowest BCUT2D eigenvalue weighted by molar-refractivity contribution is 0.475. The van der Waals surface area contributed by atoms with E-state index in [0.717, 1.165) is 22.2 Å². The van der Waals surface area contributed by atoms with Crippen molar-refractivity contribution in [3.63, 3.8) is 0 Å². The van der Waals surface area contributed by atoms with Crippen LogP contribution in [0.1, 0.15) is 0 Å². The summed E-state index contributed by atoms with van der Waals surface area (Å²) in [4.78, 5) is 11.1. The van der Waals surface area contributed by atoms with Gasteiger partial charge in [-0.15, -0.1) is 0 Å². The van der Waals surface area contributed by atoms with E-state index in [1.54, 1.807) is 12.1 Å². The molecule has 0 unspecified atom stereocenters. The Balaban J connectivity index is 2.29. The number of fused-ring (bicyclic) bond motifs is 1. The zero-order valence-corrected chi connectivity index (χ0v) is 11.4. The van der Waals surface area contributed by atoms with Crippen LogP contribution in [0.15, 0.2) is 48.5 Å².